The van der Waals surface area contributed by atoms with Crippen molar-refractivity contribution in [3.05, 3.63) is 35.6 Å². The lowest BCUT2D eigenvalue weighted by Gasteiger charge is -2.15. The Kier molecular flexibility index (Phi) is 3.90. The number of ether oxygens (including phenoxy) is 1. The van der Waals surface area contributed by atoms with Gasteiger partial charge in [0, 0.05) is 12.1 Å². The summed E-state index contributed by atoms with van der Waals surface area (Å²) in [5.41, 5.74) is 5.93. The van der Waals surface area contributed by atoms with E-state index in [9.17, 15) is 14.3 Å². The summed E-state index contributed by atoms with van der Waals surface area (Å²) in [4.78, 5) is 11.7. The molecule has 0 saturated carbocycles. The molecule has 0 radical (unpaired) electrons. The number of nitrogens with one attached hydrogen (secondary N) is 1. The van der Waals surface area contributed by atoms with Crippen molar-refractivity contribution in [3.63, 3.8) is 0 Å². The molecule has 18 heavy (non-hydrogen) atoms. The van der Waals surface area contributed by atoms with Crippen LogP contribution in [0.25, 0.3) is 0 Å². The Bertz CT molecular complexity index is 424. The summed E-state index contributed by atoms with van der Waals surface area (Å²) in [7, 11) is 0. The van der Waals surface area contributed by atoms with E-state index in [4.69, 9.17) is 10.5 Å². The minimum absolute atomic E-state index is 0.172. The van der Waals surface area contributed by atoms with Crippen molar-refractivity contribution < 1.29 is 19.0 Å². The molecule has 0 bridgehead atoms. The molecule has 1 aromatic rings. The van der Waals surface area contributed by atoms with Gasteiger partial charge in [-0.1, -0.05) is 0 Å². The Morgan fingerprint density at radius 3 is 2.72 bits per heavy atom. The monoisotopic (exact) mass is 254 g/mol. The molecule has 1 amide bonds. The lowest BCUT2D eigenvalue weighted by molar-refractivity contribution is 0.0407. The summed E-state index contributed by atoms with van der Waals surface area (Å²) in [6.45, 7) is 0.448. The third kappa shape index (κ3) is 2.84. The highest BCUT2D eigenvalue weighted by atomic mass is 19.1. The molecule has 1 heterocycles. The van der Waals surface area contributed by atoms with E-state index in [-0.39, 0.29) is 19.1 Å². The molecule has 4 N–H and O–H groups in total. The SMILES string of the molecule is N[C@@H]1CO[C@H](CNC(=O)c2ccc(F)cc2)[C@H]1O. The molecule has 1 aliphatic heterocycles. The standard InChI is InChI=1S/C12H15FN2O3/c13-8-3-1-7(2-4-8)12(17)15-5-10-11(16)9(14)6-18-10/h1-4,9-11,16H,5-6,14H2,(H,15,17)/t9-,10-,11+/m1/s1. The Balaban J connectivity index is 1.87. The third-order valence-electron chi connectivity index (χ3n) is 2.89. The number of benzene rings is 1. The van der Waals surface area contributed by atoms with Gasteiger partial charge in [0.1, 0.15) is 11.9 Å². The molecule has 98 valence electrons. The van der Waals surface area contributed by atoms with Gasteiger partial charge >= 0.3 is 0 Å². The zero-order valence-corrected chi connectivity index (χ0v) is 9.67. The van der Waals surface area contributed by atoms with Gasteiger partial charge in [0.15, 0.2) is 0 Å². The van der Waals surface area contributed by atoms with Crippen LogP contribution in [0.5, 0.6) is 0 Å². The van der Waals surface area contributed by atoms with E-state index < -0.39 is 24.1 Å². The maximum Gasteiger partial charge on any atom is 0.251 e. The van der Waals surface area contributed by atoms with Gasteiger partial charge in [0.2, 0.25) is 0 Å². The van der Waals surface area contributed by atoms with Gasteiger partial charge in [-0.15, -0.1) is 0 Å². The first-order valence-corrected chi connectivity index (χ1v) is 5.67. The molecule has 1 saturated heterocycles. The quantitative estimate of drug-likeness (QED) is 0.688. The van der Waals surface area contributed by atoms with E-state index in [0.717, 1.165) is 0 Å². The van der Waals surface area contributed by atoms with Crippen molar-refractivity contribution in [1.29, 1.82) is 0 Å². The van der Waals surface area contributed by atoms with Crippen molar-refractivity contribution in [1.82, 2.24) is 5.32 Å². The lowest BCUT2D eigenvalue weighted by atomic mass is 10.1. The van der Waals surface area contributed by atoms with Crippen LogP contribution in [0.1, 0.15) is 10.4 Å². The van der Waals surface area contributed by atoms with E-state index in [1.807, 2.05) is 0 Å². The third-order valence-corrected chi connectivity index (χ3v) is 2.89. The summed E-state index contributed by atoms with van der Waals surface area (Å²) in [5, 5.41) is 12.2. The van der Waals surface area contributed by atoms with Gasteiger partial charge in [0.05, 0.1) is 18.8 Å². The number of carbonyl (C=O) groups is 1. The van der Waals surface area contributed by atoms with E-state index in [1.165, 1.54) is 24.3 Å². The number of halogens is 1. The number of hydrogen-bond donors (Lipinski definition) is 3. The van der Waals surface area contributed by atoms with E-state index >= 15 is 0 Å². The Labute approximate surface area is 104 Å². The van der Waals surface area contributed by atoms with Crippen molar-refractivity contribution in [2.24, 2.45) is 5.73 Å². The maximum atomic E-state index is 12.7. The molecule has 5 nitrogen and oxygen atoms in total. The molecule has 0 aromatic heterocycles. The average Bonchev–Trinajstić information content (AvgIpc) is 2.68. The Morgan fingerprint density at radius 2 is 2.17 bits per heavy atom. The number of carbonyl (C=O) groups excluding carboxylic acids is 1. The molecule has 2 rings (SSSR count). The number of aliphatic hydroxyl groups is 1. The smallest absolute Gasteiger partial charge is 0.251 e. The Morgan fingerprint density at radius 1 is 1.50 bits per heavy atom. The molecule has 1 aliphatic rings. The van der Waals surface area contributed by atoms with Crippen molar-refractivity contribution in [2.45, 2.75) is 18.2 Å². The van der Waals surface area contributed by atoms with E-state index in [0.29, 0.717) is 5.56 Å². The number of amides is 1. The number of hydrogen-bond acceptors (Lipinski definition) is 4. The van der Waals surface area contributed by atoms with Gasteiger partial charge in [0.25, 0.3) is 5.91 Å². The van der Waals surface area contributed by atoms with Crippen molar-refractivity contribution in [2.75, 3.05) is 13.2 Å². The highest BCUT2D eigenvalue weighted by molar-refractivity contribution is 5.94. The number of nitrogens with two attached hydrogens (primary N) is 1. The van der Waals surface area contributed by atoms with Gasteiger partial charge in [-0.05, 0) is 24.3 Å². The van der Waals surface area contributed by atoms with Crippen LogP contribution in [0.15, 0.2) is 24.3 Å². The first-order chi connectivity index (χ1) is 8.58. The van der Waals surface area contributed by atoms with Crippen LogP contribution in [0.2, 0.25) is 0 Å². The second-order valence-electron chi connectivity index (χ2n) is 4.24. The molecule has 0 spiro atoms. The fraction of sp³-hybridized carbons (Fsp3) is 0.417. The first-order valence-electron chi connectivity index (χ1n) is 5.67. The average molecular weight is 254 g/mol. The summed E-state index contributed by atoms with van der Waals surface area (Å²) < 4.78 is 17.9. The fourth-order valence-corrected chi connectivity index (χ4v) is 1.78. The molecule has 1 fully saturated rings. The van der Waals surface area contributed by atoms with Gasteiger partial charge in [-0.3, -0.25) is 4.79 Å². The Hall–Kier alpha value is -1.50. The zero-order chi connectivity index (χ0) is 13.1. The van der Waals surface area contributed by atoms with Gasteiger partial charge in [-0.25, -0.2) is 4.39 Å². The molecular weight excluding hydrogens is 239 g/mol. The molecule has 3 atom stereocenters. The van der Waals surface area contributed by atoms with Crippen LogP contribution in [-0.2, 0) is 4.74 Å². The second-order valence-corrected chi connectivity index (χ2v) is 4.24. The van der Waals surface area contributed by atoms with Crippen LogP contribution < -0.4 is 11.1 Å². The molecule has 6 heteroatoms. The maximum absolute atomic E-state index is 12.7. The van der Waals surface area contributed by atoms with Crippen LogP contribution in [-0.4, -0.2) is 42.4 Å². The summed E-state index contributed by atoms with van der Waals surface area (Å²) >= 11 is 0. The topological polar surface area (TPSA) is 84.6 Å². The minimum Gasteiger partial charge on any atom is -0.389 e. The van der Waals surface area contributed by atoms with E-state index in [2.05, 4.69) is 5.32 Å². The molecule has 0 unspecified atom stereocenters. The van der Waals surface area contributed by atoms with Crippen molar-refractivity contribution >= 4 is 5.91 Å². The summed E-state index contributed by atoms with van der Waals surface area (Å²) in [6.07, 6.45) is -1.28. The predicted octanol–water partition coefficient (Wildman–Crippen LogP) is -0.358. The van der Waals surface area contributed by atoms with Gasteiger partial charge < -0.3 is 20.9 Å². The summed E-state index contributed by atoms with van der Waals surface area (Å²) in [5.74, 6) is -0.738. The number of rotatable bonds is 3. The van der Waals surface area contributed by atoms with E-state index in [1.54, 1.807) is 0 Å². The molecule has 0 aliphatic carbocycles. The lowest BCUT2D eigenvalue weighted by Crippen LogP contribution is -2.42. The highest BCUT2D eigenvalue weighted by Gasteiger charge is 2.33. The largest absolute Gasteiger partial charge is 0.389 e. The number of aliphatic hydroxyl groups excluding tert-OH is 1. The minimum atomic E-state index is -0.779. The highest BCUT2D eigenvalue weighted by Crippen LogP contribution is 2.12. The van der Waals surface area contributed by atoms with Gasteiger partial charge in [-0.2, -0.15) is 0 Å². The van der Waals surface area contributed by atoms with Crippen LogP contribution >= 0.6 is 0 Å². The molecule has 1 aromatic carbocycles. The van der Waals surface area contributed by atoms with Crippen LogP contribution in [0.3, 0.4) is 0 Å². The molecular formula is C12H15FN2O3. The second kappa shape index (κ2) is 5.43. The zero-order valence-electron chi connectivity index (χ0n) is 9.67. The fourth-order valence-electron chi connectivity index (χ4n) is 1.78. The van der Waals surface area contributed by atoms with Crippen LogP contribution in [0, 0.1) is 5.82 Å². The normalized spacial score (nSPS) is 27.2. The predicted molar refractivity (Wildman–Crippen MR) is 62.5 cm³/mol. The first kappa shape index (κ1) is 12.9. The van der Waals surface area contributed by atoms with Crippen molar-refractivity contribution in [3.8, 4) is 0 Å². The summed E-state index contributed by atoms with van der Waals surface area (Å²) in [6, 6.07) is 4.79. The van der Waals surface area contributed by atoms with Crippen LogP contribution in [0.4, 0.5) is 4.39 Å².